The van der Waals surface area contributed by atoms with E-state index in [4.69, 9.17) is 5.73 Å². The fraction of sp³-hybridized carbons (Fsp3) is 0.400. The van der Waals surface area contributed by atoms with Crippen LogP contribution in [0.4, 0.5) is 0 Å². The Morgan fingerprint density at radius 3 is 2.45 bits per heavy atom. The number of fused-ring (bicyclic) bond motifs is 3. The Kier molecular flexibility index (Phi) is 3.23. The average Bonchev–Trinajstić information content (AvgIpc) is 2.88. The van der Waals surface area contributed by atoms with Gasteiger partial charge in [-0.2, -0.15) is 0 Å². The number of para-hydroxylation sites is 1. The molecule has 4 rings (SSSR count). The summed E-state index contributed by atoms with van der Waals surface area (Å²) in [6, 6.07) is 15.6. The molecule has 114 valence electrons. The standard InChI is InChI=1S/C20H24N2/c1-2-22-18-9-5-4-8-16(18)17-14-15(10-11-19(17)22)20(21)12-6-3-7-13-20/h4-5,8-11,14H,2-3,6-7,12-13,21H2,1H3. The Morgan fingerprint density at radius 2 is 1.68 bits per heavy atom. The molecule has 2 nitrogen and oxygen atoms in total. The fourth-order valence-corrected chi connectivity index (χ4v) is 4.18. The highest BCUT2D eigenvalue weighted by Gasteiger charge is 2.29. The largest absolute Gasteiger partial charge is 0.341 e. The molecule has 2 heteroatoms. The maximum absolute atomic E-state index is 6.75. The maximum atomic E-state index is 6.75. The highest BCUT2D eigenvalue weighted by molar-refractivity contribution is 6.08. The Labute approximate surface area is 131 Å². The highest BCUT2D eigenvalue weighted by Crippen LogP contribution is 2.38. The van der Waals surface area contributed by atoms with E-state index >= 15 is 0 Å². The van der Waals surface area contributed by atoms with E-state index in [1.165, 1.54) is 46.6 Å². The molecule has 22 heavy (non-hydrogen) atoms. The van der Waals surface area contributed by atoms with Gasteiger partial charge >= 0.3 is 0 Å². The SMILES string of the molecule is CCn1c2ccccc2c2cc(C3(N)CCCCC3)ccc21. The lowest BCUT2D eigenvalue weighted by Gasteiger charge is -2.34. The number of rotatable bonds is 2. The summed E-state index contributed by atoms with van der Waals surface area (Å²) < 4.78 is 2.40. The second-order valence-electron chi connectivity index (χ2n) is 6.71. The van der Waals surface area contributed by atoms with Crippen LogP contribution >= 0.6 is 0 Å². The van der Waals surface area contributed by atoms with E-state index < -0.39 is 0 Å². The van der Waals surface area contributed by atoms with Crippen LogP contribution in [0.5, 0.6) is 0 Å². The van der Waals surface area contributed by atoms with E-state index in [2.05, 4.69) is 54.0 Å². The zero-order valence-electron chi connectivity index (χ0n) is 13.3. The van der Waals surface area contributed by atoms with Crippen molar-refractivity contribution in [2.24, 2.45) is 5.73 Å². The first-order valence-corrected chi connectivity index (χ1v) is 8.53. The second kappa shape index (κ2) is 5.13. The summed E-state index contributed by atoms with van der Waals surface area (Å²) >= 11 is 0. The average molecular weight is 292 g/mol. The zero-order valence-corrected chi connectivity index (χ0v) is 13.3. The quantitative estimate of drug-likeness (QED) is 0.713. The summed E-state index contributed by atoms with van der Waals surface area (Å²) in [4.78, 5) is 0. The van der Waals surface area contributed by atoms with Gasteiger partial charge in [0.05, 0.1) is 0 Å². The number of nitrogens with zero attached hydrogens (tertiary/aromatic N) is 1. The highest BCUT2D eigenvalue weighted by atomic mass is 15.0. The molecule has 0 aliphatic heterocycles. The van der Waals surface area contributed by atoms with Gasteiger partial charge in [-0.1, -0.05) is 43.5 Å². The molecule has 1 saturated carbocycles. The molecule has 2 N–H and O–H groups in total. The number of benzene rings is 2. The lowest BCUT2D eigenvalue weighted by molar-refractivity contribution is 0.302. The molecular weight excluding hydrogens is 268 g/mol. The molecule has 0 radical (unpaired) electrons. The molecule has 3 aromatic rings. The van der Waals surface area contributed by atoms with Crippen molar-refractivity contribution in [3.05, 3.63) is 48.0 Å². The van der Waals surface area contributed by atoms with Crippen LogP contribution in [0.3, 0.4) is 0 Å². The molecule has 1 aromatic heterocycles. The van der Waals surface area contributed by atoms with Crippen LogP contribution in [0.2, 0.25) is 0 Å². The minimum Gasteiger partial charge on any atom is -0.341 e. The topological polar surface area (TPSA) is 30.9 Å². The van der Waals surface area contributed by atoms with Gasteiger partial charge in [0.25, 0.3) is 0 Å². The summed E-state index contributed by atoms with van der Waals surface area (Å²) in [5, 5.41) is 2.70. The van der Waals surface area contributed by atoms with Gasteiger partial charge in [0, 0.05) is 33.9 Å². The van der Waals surface area contributed by atoms with E-state index in [0.717, 1.165) is 19.4 Å². The molecule has 0 spiro atoms. The van der Waals surface area contributed by atoms with Crippen LogP contribution in [-0.4, -0.2) is 4.57 Å². The van der Waals surface area contributed by atoms with Crippen LogP contribution in [0.15, 0.2) is 42.5 Å². The minimum absolute atomic E-state index is 0.123. The van der Waals surface area contributed by atoms with E-state index in [-0.39, 0.29) is 5.54 Å². The third kappa shape index (κ3) is 1.98. The van der Waals surface area contributed by atoms with Crippen LogP contribution < -0.4 is 5.73 Å². The normalized spacial score (nSPS) is 18.1. The summed E-state index contributed by atoms with van der Waals surface area (Å²) in [6.07, 6.45) is 6.07. The Morgan fingerprint density at radius 1 is 0.955 bits per heavy atom. The van der Waals surface area contributed by atoms with Crippen molar-refractivity contribution < 1.29 is 0 Å². The van der Waals surface area contributed by atoms with Gasteiger partial charge in [-0.05, 0) is 43.5 Å². The third-order valence-corrected chi connectivity index (χ3v) is 5.41. The molecule has 0 amide bonds. The summed E-state index contributed by atoms with van der Waals surface area (Å²) in [5.74, 6) is 0. The molecule has 1 fully saturated rings. The van der Waals surface area contributed by atoms with Gasteiger partial charge < -0.3 is 10.3 Å². The molecule has 0 atom stereocenters. The molecule has 1 aliphatic carbocycles. The van der Waals surface area contributed by atoms with Crippen molar-refractivity contribution in [3.8, 4) is 0 Å². The monoisotopic (exact) mass is 292 g/mol. The molecule has 1 aliphatic rings. The van der Waals surface area contributed by atoms with Crippen molar-refractivity contribution in [2.45, 2.75) is 51.1 Å². The van der Waals surface area contributed by atoms with Crippen molar-refractivity contribution >= 4 is 21.8 Å². The molecule has 0 unspecified atom stereocenters. The van der Waals surface area contributed by atoms with Crippen molar-refractivity contribution in [2.75, 3.05) is 0 Å². The van der Waals surface area contributed by atoms with E-state index in [1.807, 2.05) is 0 Å². The van der Waals surface area contributed by atoms with Crippen molar-refractivity contribution in [3.63, 3.8) is 0 Å². The van der Waals surface area contributed by atoms with Gasteiger partial charge in [-0.3, -0.25) is 0 Å². The first-order chi connectivity index (χ1) is 10.7. The molecule has 0 bridgehead atoms. The van der Waals surface area contributed by atoms with E-state index in [0.29, 0.717) is 0 Å². The van der Waals surface area contributed by atoms with Crippen molar-refractivity contribution in [1.29, 1.82) is 0 Å². The summed E-state index contributed by atoms with van der Waals surface area (Å²) in [5.41, 5.74) is 10.6. The number of nitrogens with two attached hydrogens (primary N) is 1. The number of hydrogen-bond donors (Lipinski definition) is 1. The summed E-state index contributed by atoms with van der Waals surface area (Å²) in [6.45, 7) is 3.21. The second-order valence-corrected chi connectivity index (χ2v) is 6.71. The fourth-order valence-electron chi connectivity index (χ4n) is 4.18. The summed E-state index contributed by atoms with van der Waals surface area (Å²) in [7, 11) is 0. The first kappa shape index (κ1) is 13.8. The lowest BCUT2D eigenvalue weighted by Crippen LogP contribution is -2.38. The number of aryl methyl sites for hydroxylation is 1. The molecule has 2 aromatic carbocycles. The van der Waals surface area contributed by atoms with E-state index in [1.54, 1.807) is 0 Å². The smallest absolute Gasteiger partial charge is 0.0491 e. The van der Waals surface area contributed by atoms with Crippen LogP contribution in [0, 0.1) is 0 Å². The number of hydrogen-bond acceptors (Lipinski definition) is 1. The first-order valence-electron chi connectivity index (χ1n) is 8.53. The Bertz CT molecular complexity index is 822. The third-order valence-electron chi connectivity index (χ3n) is 5.41. The minimum atomic E-state index is -0.123. The predicted molar refractivity (Wildman–Crippen MR) is 94.1 cm³/mol. The predicted octanol–water partition coefficient (Wildman–Crippen LogP) is 4.93. The van der Waals surface area contributed by atoms with Gasteiger partial charge in [-0.15, -0.1) is 0 Å². The Hall–Kier alpha value is -1.80. The zero-order chi connectivity index (χ0) is 15.2. The van der Waals surface area contributed by atoms with Crippen LogP contribution in [0.1, 0.15) is 44.6 Å². The van der Waals surface area contributed by atoms with Gasteiger partial charge in [0.1, 0.15) is 0 Å². The van der Waals surface area contributed by atoms with Gasteiger partial charge in [0.15, 0.2) is 0 Å². The Balaban J connectivity index is 1.96. The number of aromatic nitrogens is 1. The maximum Gasteiger partial charge on any atom is 0.0491 e. The van der Waals surface area contributed by atoms with Gasteiger partial charge in [0.2, 0.25) is 0 Å². The van der Waals surface area contributed by atoms with Crippen LogP contribution in [-0.2, 0) is 12.1 Å². The molecule has 0 saturated heterocycles. The molecule has 1 heterocycles. The molecular formula is C20H24N2. The van der Waals surface area contributed by atoms with Crippen molar-refractivity contribution in [1.82, 2.24) is 4.57 Å². The van der Waals surface area contributed by atoms with Gasteiger partial charge in [-0.25, -0.2) is 0 Å². The lowest BCUT2D eigenvalue weighted by atomic mass is 9.77. The van der Waals surface area contributed by atoms with Crippen LogP contribution in [0.25, 0.3) is 21.8 Å². The van der Waals surface area contributed by atoms with E-state index in [9.17, 15) is 0 Å².